The van der Waals surface area contributed by atoms with Crippen molar-refractivity contribution in [3.05, 3.63) is 59.2 Å². The van der Waals surface area contributed by atoms with Crippen molar-refractivity contribution in [2.75, 3.05) is 18.5 Å². The first-order valence-corrected chi connectivity index (χ1v) is 8.27. The second-order valence-corrected chi connectivity index (χ2v) is 5.77. The summed E-state index contributed by atoms with van der Waals surface area (Å²) < 4.78 is 10.7. The molecule has 0 aromatic heterocycles. The first-order chi connectivity index (χ1) is 12.0. The zero-order valence-electron chi connectivity index (χ0n) is 14.8. The van der Waals surface area contributed by atoms with Crippen LogP contribution in [0.15, 0.2) is 42.5 Å². The van der Waals surface area contributed by atoms with Crippen molar-refractivity contribution in [1.29, 1.82) is 0 Å². The summed E-state index contributed by atoms with van der Waals surface area (Å²) in [7, 11) is 0. The quantitative estimate of drug-likeness (QED) is 0.776. The number of carbonyl (C=O) groups is 2. The molecule has 2 rings (SSSR count). The number of hydrogen-bond donors (Lipinski definition) is 1. The molecular formula is C20H23NO4. The molecule has 0 fully saturated rings. The SMILES string of the molecule is CCCOC(=O)c1ccc(NC(=O)COc2c(C)cccc2C)cc1. The van der Waals surface area contributed by atoms with Gasteiger partial charge in [0, 0.05) is 5.69 Å². The molecule has 0 unspecified atom stereocenters. The highest BCUT2D eigenvalue weighted by atomic mass is 16.5. The van der Waals surface area contributed by atoms with Gasteiger partial charge in [0.1, 0.15) is 5.75 Å². The van der Waals surface area contributed by atoms with Crippen LogP contribution in [0.5, 0.6) is 5.75 Å². The van der Waals surface area contributed by atoms with Crippen LogP contribution in [0.1, 0.15) is 34.8 Å². The number of aryl methyl sites for hydroxylation is 2. The number of esters is 1. The fraction of sp³-hybridized carbons (Fsp3) is 0.300. The first-order valence-electron chi connectivity index (χ1n) is 8.27. The summed E-state index contributed by atoms with van der Waals surface area (Å²) in [4.78, 5) is 23.8. The van der Waals surface area contributed by atoms with Crippen molar-refractivity contribution in [1.82, 2.24) is 0 Å². The first kappa shape index (κ1) is 18.5. The average Bonchev–Trinajstić information content (AvgIpc) is 2.60. The summed E-state index contributed by atoms with van der Waals surface area (Å²) in [6.07, 6.45) is 0.778. The van der Waals surface area contributed by atoms with Crippen LogP contribution in [0.2, 0.25) is 0 Å². The van der Waals surface area contributed by atoms with Gasteiger partial charge in [-0.05, 0) is 55.7 Å². The van der Waals surface area contributed by atoms with Crippen LogP contribution < -0.4 is 10.1 Å². The number of rotatable bonds is 7. The molecule has 0 aliphatic rings. The Hall–Kier alpha value is -2.82. The van der Waals surface area contributed by atoms with Crippen LogP contribution in [0.25, 0.3) is 0 Å². The average molecular weight is 341 g/mol. The van der Waals surface area contributed by atoms with Crippen molar-refractivity contribution in [2.45, 2.75) is 27.2 Å². The molecule has 5 heteroatoms. The van der Waals surface area contributed by atoms with E-state index in [1.807, 2.05) is 39.0 Å². The van der Waals surface area contributed by atoms with Crippen LogP contribution in [0, 0.1) is 13.8 Å². The van der Waals surface area contributed by atoms with Gasteiger partial charge in [0.15, 0.2) is 6.61 Å². The molecule has 1 N–H and O–H groups in total. The van der Waals surface area contributed by atoms with E-state index in [1.165, 1.54) is 0 Å². The van der Waals surface area contributed by atoms with Crippen LogP contribution in [-0.4, -0.2) is 25.1 Å². The van der Waals surface area contributed by atoms with E-state index in [0.29, 0.717) is 17.9 Å². The number of anilines is 1. The predicted octanol–water partition coefficient (Wildman–Crippen LogP) is 3.89. The smallest absolute Gasteiger partial charge is 0.338 e. The molecule has 0 heterocycles. The Morgan fingerprint density at radius 2 is 1.64 bits per heavy atom. The zero-order valence-corrected chi connectivity index (χ0v) is 14.8. The normalized spacial score (nSPS) is 10.2. The topological polar surface area (TPSA) is 64.6 Å². The maximum absolute atomic E-state index is 12.0. The maximum atomic E-state index is 12.0. The maximum Gasteiger partial charge on any atom is 0.338 e. The summed E-state index contributed by atoms with van der Waals surface area (Å²) in [5.74, 6) is 0.105. The summed E-state index contributed by atoms with van der Waals surface area (Å²) in [6, 6.07) is 12.4. The van der Waals surface area contributed by atoms with Gasteiger partial charge in [-0.15, -0.1) is 0 Å². The van der Waals surface area contributed by atoms with Crippen LogP contribution in [0.3, 0.4) is 0 Å². The molecule has 5 nitrogen and oxygen atoms in total. The Balaban J connectivity index is 1.89. The lowest BCUT2D eigenvalue weighted by Crippen LogP contribution is -2.20. The number of benzene rings is 2. The van der Waals surface area contributed by atoms with Gasteiger partial charge in [-0.3, -0.25) is 4.79 Å². The third-order valence-corrected chi connectivity index (χ3v) is 3.60. The summed E-state index contributed by atoms with van der Waals surface area (Å²) >= 11 is 0. The van der Waals surface area contributed by atoms with E-state index in [9.17, 15) is 9.59 Å². The molecule has 0 atom stereocenters. The van der Waals surface area contributed by atoms with Gasteiger partial charge in [-0.2, -0.15) is 0 Å². The Morgan fingerprint density at radius 3 is 2.24 bits per heavy atom. The van der Waals surface area contributed by atoms with E-state index < -0.39 is 0 Å². The van der Waals surface area contributed by atoms with E-state index in [-0.39, 0.29) is 18.5 Å². The number of hydrogen-bond acceptors (Lipinski definition) is 4. The lowest BCUT2D eigenvalue weighted by atomic mass is 10.1. The molecule has 2 aromatic carbocycles. The van der Waals surface area contributed by atoms with Crippen molar-refractivity contribution < 1.29 is 19.1 Å². The summed E-state index contributed by atoms with van der Waals surface area (Å²) in [5, 5.41) is 2.74. The molecule has 0 saturated carbocycles. The van der Waals surface area contributed by atoms with E-state index in [0.717, 1.165) is 23.3 Å². The molecule has 0 aliphatic heterocycles. The fourth-order valence-electron chi connectivity index (χ4n) is 2.33. The molecule has 2 aromatic rings. The third-order valence-electron chi connectivity index (χ3n) is 3.60. The predicted molar refractivity (Wildman–Crippen MR) is 97.1 cm³/mol. The van der Waals surface area contributed by atoms with E-state index in [1.54, 1.807) is 24.3 Å². The van der Waals surface area contributed by atoms with Gasteiger partial charge in [0.05, 0.1) is 12.2 Å². The zero-order chi connectivity index (χ0) is 18.2. The van der Waals surface area contributed by atoms with Gasteiger partial charge in [-0.1, -0.05) is 25.1 Å². The molecule has 1 amide bonds. The molecule has 0 aliphatic carbocycles. The lowest BCUT2D eigenvalue weighted by molar-refractivity contribution is -0.118. The second-order valence-electron chi connectivity index (χ2n) is 5.77. The molecule has 25 heavy (non-hydrogen) atoms. The van der Waals surface area contributed by atoms with E-state index in [2.05, 4.69) is 5.32 Å². The van der Waals surface area contributed by atoms with E-state index >= 15 is 0 Å². The summed E-state index contributed by atoms with van der Waals surface area (Å²) in [6.45, 7) is 6.14. The van der Waals surface area contributed by atoms with Gasteiger partial charge in [0.25, 0.3) is 5.91 Å². The number of nitrogens with one attached hydrogen (secondary N) is 1. The third kappa shape index (κ3) is 5.35. The monoisotopic (exact) mass is 341 g/mol. The van der Waals surface area contributed by atoms with Crippen LogP contribution in [0.4, 0.5) is 5.69 Å². The van der Waals surface area contributed by atoms with Gasteiger partial charge in [-0.25, -0.2) is 4.79 Å². The highest BCUT2D eigenvalue weighted by Gasteiger charge is 2.09. The Labute approximate surface area is 148 Å². The number of para-hydroxylation sites is 1. The van der Waals surface area contributed by atoms with Crippen molar-refractivity contribution in [3.8, 4) is 5.75 Å². The molecule has 0 bridgehead atoms. The largest absolute Gasteiger partial charge is 0.483 e. The van der Waals surface area contributed by atoms with Crippen molar-refractivity contribution >= 4 is 17.6 Å². The van der Waals surface area contributed by atoms with Crippen molar-refractivity contribution in [3.63, 3.8) is 0 Å². The van der Waals surface area contributed by atoms with Gasteiger partial charge in [0.2, 0.25) is 0 Å². The number of carbonyl (C=O) groups excluding carboxylic acids is 2. The van der Waals surface area contributed by atoms with Gasteiger partial charge < -0.3 is 14.8 Å². The number of amides is 1. The summed E-state index contributed by atoms with van der Waals surface area (Å²) in [5.41, 5.74) is 3.03. The Bertz CT molecular complexity index is 718. The Kier molecular flexibility index (Phi) is 6.57. The molecule has 0 saturated heterocycles. The minimum absolute atomic E-state index is 0.0774. The number of ether oxygens (including phenoxy) is 2. The standard InChI is InChI=1S/C20H23NO4/c1-4-12-24-20(23)16-8-10-17(11-9-16)21-18(22)13-25-19-14(2)6-5-7-15(19)3/h5-11H,4,12-13H2,1-3H3,(H,21,22). The minimum atomic E-state index is -0.363. The van der Waals surface area contributed by atoms with Crippen molar-refractivity contribution in [2.24, 2.45) is 0 Å². The molecule has 0 spiro atoms. The van der Waals surface area contributed by atoms with Crippen LogP contribution >= 0.6 is 0 Å². The van der Waals surface area contributed by atoms with Gasteiger partial charge >= 0.3 is 5.97 Å². The highest BCUT2D eigenvalue weighted by molar-refractivity contribution is 5.93. The molecule has 132 valence electrons. The molecular weight excluding hydrogens is 318 g/mol. The Morgan fingerprint density at radius 1 is 1.00 bits per heavy atom. The van der Waals surface area contributed by atoms with E-state index in [4.69, 9.17) is 9.47 Å². The minimum Gasteiger partial charge on any atom is -0.483 e. The lowest BCUT2D eigenvalue weighted by Gasteiger charge is -2.12. The molecule has 0 radical (unpaired) electrons. The highest BCUT2D eigenvalue weighted by Crippen LogP contribution is 2.22. The second kappa shape index (κ2) is 8.87. The van der Waals surface area contributed by atoms with Crippen LogP contribution in [-0.2, 0) is 9.53 Å². The fourth-order valence-corrected chi connectivity index (χ4v) is 2.33.